The summed E-state index contributed by atoms with van der Waals surface area (Å²) >= 11 is 0. The minimum atomic E-state index is 0.0793. The first-order valence-electron chi connectivity index (χ1n) is 5.01. The Labute approximate surface area is 80.6 Å². The Bertz CT molecular complexity index is 210. The summed E-state index contributed by atoms with van der Waals surface area (Å²) < 4.78 is 0. The lowest BCUT2D eigenvalue weighted by Gasteiger charge is -2.25. The van der Waals surface area contributed by atoms with Crippen LogP contribution in [0.2, 0.25) is 0 Å². The molecule has 0 saturated carbocycles. The van der Waals surface area contributed by atoms with E-state index in [0.29, 0.717) is 17.9 Å². The van der Waals surface area contributed by atoms with Crippen molar-refractivity contribution in [1.29, 1.82) is 0 Å². The van der Waals surface area contributed by atoms with E-state index in [2.05, 4.69) is 27.4 Å². The van der Waals surface area contributed by atoms with E-state index in [-0.39, 0.29) is 5.91 Å². The molecule has 1 fully saturated rings. The van der Waals surface area contributed by atoms with E-state index in [1.807, 2.05) is 4.90 Å². The molecule has 0 aromatic rings. The van der Waals surface area contributed by atoms with Crippen LogP contribution in [0.1, 0.15) is 27.2 Å². The van der Waals surface area contributed by atoms with Gasteiger partial charge in [-0.05, 0) is 31.3 Å². The third kappa shape index (κ3) is 1.93. The minimum absolute atomic E-state index is 0.0793. The maximum absolute atomic E-state index is 11.4. The summed E-state index contributed by atoms with van der Waals surface area (Å²) in [6.45, 7) is 11.0. The predicted octanol–water partition coefficient (Wildman–Crippen LogP) is 2.07. The zero-order valence-electron chi connectivity index (χ0n) is 8.79. The minimum Gasteiger partial charge on any atom is -0.336 e. The zero-order chi connectivity index (χ0) is 10.0. The van der Waals surface area contributed by atoms with Crippen LogP contribution in [0.5, 0.6) is 0 Å². The molecule has 13 heavy (non-hydrogen) atoms. The Morgan fingerprint density at radius 2 is 2.23 bits per heavy atom. The molecule has 0 unspecified atom stereocenters. The molecule has 0 aromatic heterocycles. The van der Waals surface area contributed by atoms with Crippen LogP contribution >= 0.6 is 0 Å². The first-order chi connectivity index (χ1) is 6.07. The van der Waals surface area contributed by atoms with Crippen molar-refractivity contribution in [2.45, 2.75) is 33.2 Å². The van der Waals surface area contributed by atoms with Crippen LogP contribution in [-0.4, -0.2) is 23.4 Å². The van der Waals surface area contributed by atoms with E-state index >= 15 is 0 Å². The molecule has 1 aliphatic heterocycles. The van der Waals surface area contributed by atoms with Gasteiger partial charge in [-0.3, -0.25) is 4.79 Å². The summed E-state index contributed by atoms with van der Waals surface area (Å²) in [5, 5.41) is 0. The quantitative estimate of drug-likeness (QED) is 0.597. The molecule has 0 aliphatic carbocycles. The largest absolute Gasteiger partial charge is 0.336 e. The number of amides is 1. The van der Waals surface area contributed by atoms with Gasteiger partial charge in [0.2, 0.25) is 5.91 Å². The molecule has 0 aromatic carbocycles. The first kappa shape index (κ1) is 10.3. The highest BCUT2D eigenvalue weighted by atomic mass is 16.2. The summed E-state index contributed by atoms with van der Waals surface area (Å²) in [6.07, 6.45) is 2.55. The second kappa shape index (κ2) is 3.95. The Morgan fingerprint density at radius 3 is 2.62 bits per heavy atom. The molecule has 1 heterocycles. The molecule has 0 spiro atoms. The lowest BCUT2D eigenvalue weighted by Crippen LogP contribution is -2.35. The second-order valence-corrected chi connectivity index (χ2v) is 4.17. The van der Waals surface area contributed by atoms with Gasteiger partial charge in [-0.25, -0.2) is 0 Å². The number of hydrogen-bond donors (Lipinski definition) is 0. The molecule has 0 bridgehead atoms. The van der Waals surface area contributed by atoms with Crippen LogP contribution in [-0.2, 0) is 4.79 Å². The van der Waals surface area contributed by atoms with E-state index in [1.165, 1.54) is 6.08 Å². The Kier molecular flexibility index (Phi) is 3.12. The number of likely N-dealkylation sites (tertiary alicyclic amines) is 1. The fourth-order valence-electron chi connectivity index (χ4n) is 2.28. The van der Waals surface area contributed by atoms with Gasteiger partial charge in [0.1, 0.15) is 0 Å². The highest BCUT2D eigenvalue weighted by Gasteiger charge is 2.34. The molecule has 0 radical (unpaired) electrons. The predicted molar refractivity (Wildman–Crippen MR) is 54.3 cm³/mol. The molecule has 1 saturated heterocycles. The van der Waals surface area contributed by atoms with Gasteiger partial charge in [0.15, 0.2) is 0 Å². The Morgan fingerprint density at radius 1 is 1.62 bits per heavy atom. The van der Waals surface area contributed by atoms with Crippen LogP contribution in [0.4, 0.5) is 0 Å². The van der Waals surface area contributed by atoms with Crippen LogP contribution in [0.15, 0.2) is 12.7 Å². The van der Waals surface area contributed by atoms with Crippen molar-refractivity contribution >= 4 is 5.91 Å². The van der Waals surface area contributed by atoms with Gasteiger partial charge < -0.3 is 4.90 Å². The number of hydrogen-bond acceptors (Lipinski definition) is 1. The van der Waals surface area contributed by atoms with Crippen molar-refractivity contribution in [3.8, 4) is 0 Å². The lowest BCUT2D eigenvalue weighted by atomic mass is 9.90. The number of rotatable bonds is 2. The van der Waals surface area contributed by atoms with Crippen molar-refractivity contribution in [3.05, 3.63) is 12.7 Å². The van der Waals surface area contributed by atoms with E-state index in [1.54, 1.807) is 0 Å². The molecule has 74 valence electrons. The van der Waals surface area contributed by atoms with Gasteiger partial charge in [0.25, 0.3) is 0 Å². The van der Waals surface area contributed by atoms with Crippen LogP contribution in [0.3, 0.4) is 0 Å². The van der Waals surface area contributed by atoms with Gasteiger partial charge >= 0.3 is 0 Å². The molecule has 0 N–H and O–H groups in total. The van der Waals surface area contributed by atoms with Crippen molar-refractivity contribution in [3.63, 3.8) is 0 Å². The number of nitrogens with zero attached hydrogens (tertiary/aromatic N) is 1. The maximum atomic E-state index is 11.4. The second-order valence-electron chi connectivity index (χ2n) is 4.17. The van der Waals surface area contributed by atoms with Gasteiger partial charge in [0.05, 0.1) is 0 Å². The number of carbonyl (C=O) groups excluding carboxylic acids is 1. The van der Waals surface area contributed by atoms with Gasteiger partial charge in [0, 0.05) is 12.6 Å². The van der Waals surface area contributed by atoms with Crippen LogP contribution in [0, 0.1) is 11.8 Å². The molecule has 1 amide bonds. The summed E-state index contributed by atoms with van der Waals surface area (Å²) in [5.74, 6) is 1.40. The maximum Gasteiger partial charge on any atom is 0.246 e. The highest BCUT2D eigenvalue weighted by molar-refractivity contribution is 5.87. The van der Waals surface area contributed by atoms with Crippen molar-refractivity contribution < 1.29 is 4.79 Å². The normalized spacial score (nSPS) is 28.2. The third-order valence-electron chi connectivity index (χ3n) is 3.13. The van der Waals surface area contributed by atoms with Crippen molar-refractivity contribution in [1.82, 2.24) is 4.90 Å². The first-order valence-corrected chi connectivity index (χ1v) is 5.01. The summed E-state index contributed by atoms with van der Waals surface area (Å²) in [5.41, 5.74) is 0. The monoisotopic (exact) mass is 181 g/mol. The van der Waals surface area contributed by atoms with Crippen molar-refractivity contribution in [2.75, 3.05) is 6.54 Å². The smallest absolute Gasteiger partial charge is 0.246 e. The molecule has 1 rings (SSSR count). The SMILES string of the molecule is C=CC(=O)N1CC[C@H](C(C)C)[C@H]1C. The van der Waals surface area contributed by atoms with Gasteiger partial charge in [-0.1, -0.05) is 20.4 Å². The Hall–Kier alpha value is -0.790. The zero-order valence-corrected chi connectivity index (χ0v) is 8.79. The topological polar surface area (TPSA) is 20.3 Å². The van der Waals surface area contributed by atoms with E-state index in [9.17, 15) is 4.79 Å². The summed E-state index contributed by atoms with van der Waals surface area (Å²) in [7, 11) is 0. The third-order valence-corrected chi connectivity index (χ3v) is 3.13. The highest BCUT2D eigenvalue weighted by Crippen LogP contribution is 2.30. The van der Waals surface area contributed by atoms with Gasteiger partial charge in [-0.2, -0.15) is 0 Å². The lowest BCUT2D eigenvalue weighted by molar-refractivity contribution is -0.126. The molecule has 1 aliphatic rings. The van der Waals surface area contributed by atoms with E-state index in [4.69, 9.17) is 0 Å². The Balaban J connectivity index is 2.64. The molecular formula is C11H19NO. The molecule has 2 heteroatoms. The summed E-state index contributed by atoms with van der Waals surface area (Å²) in [4.78, 5) is 13.3. The summed E-state index contributed by atoms with van der Waals surface area (Å²) in [6, 6.07) is 0.380. The van der Waals surface area contributed by atoms with E-state index < -0.39 is 0 Å². The molecule has 2 atom stereocenters. The van der Waals surface area contributed by atoms with Crippen LogP contribution in [0.25, 0.3) is 0 Å². The van der Waals surface area contributed by atoms with Crippen molar-refractivity contribution in [2.24, 2.45) is 11.8 Å². The number of carbonyl (C=O) groups is 1. The van der Waals surface area contributed by atoms with Crippen LogP contribution < -0.4 is 0 Å². The fourth-order valence-corrected chi connectivity index (χ4v) is 2.28. The standard InChI is InChI=1S/C11H19NO/c1-5-11(13)12-7-6-10(8(2)3)9(12)4/h5,8-10H,1,6-7H2,2-4H3/t9-,10-/m1/s1. The average molecular weight is 181 g/mol. The molecular weight excluding hydrogens is 162 g/mol. The average Bonchev–Trinajstić information content (AvgIpc) is 2.46. The fraction of sp³-hybridized carbons (Fsp3) is 0.727. The van der Waals surface area contributed by atoms with E-state index in [0.717, 1.165) is 13.0 Å². The van der Waals surface area contributed by atoms with Gasteiger partial charge in [-0.15, -0.1) is 0 Å². The molecule has 2 nitrogen and oxygen atoms in total.